The Kier molecular flexibility index (Phi) is 8.97. The molecule has 0 aliphatic rings. The van der Waals surface area contributed by atoms with E-state index in [1.165, 1.54) is 13.8 Å². The molecular weight excluding hydrogens is 657 g/mol. The molecule has 1 rings (SSSR count). The van der Waals surface area contributed by atoms with Crippen LogP contribution in [-0.4, -0.2) is 31.0 Å². The predicted octanol–water partition coefficient (Wildman–Crippen LogP) is 2.44. The molecule has 0 aliphatic heterocycles. The summed E-state index contributed by atoms with van der Waals surface area (Å²) in [7, 11) is 0. The van der Waals surface area contributed by atoms with Crippen LogP contribution in [0.15, 0.2) is 0 Å². The van der Waals surface area contributed by atoms with Crippen molar-refractivity contribution >= 4 is 91.3 Å². The fraction of sp³-hybridized carbons (Fsp3) is 0.357. The highest BCUT2D eigenvalue weighted by Gasteiger charge is 2.23. The van der Waals surface area contributed by atoms with E-state index < -0.39 is 11.9 Å². The Bertz CT molecular complexity index is 679. The summed E-state index contributed by atoms with van der Waals surface area (Å²) in [6, 6.07) is 0. The summed E-state index contributed by atoms with van der Waals surface area (Å²) in [6.45, 7) is 2.94. The fourth-order valence-electron chi connectivity index (χ4n) is 1.68. The van der Waals surface area contributed by atoms with Crippen molar-refractivity contribution in [2.75, 3.05) is 18.9 Å². The maximum atomic E-state index is 12.5. The highest BCUT2D eigenvalue weighted by atomic mass is 127. The van der Waals surface area contributed by atoms with E-state index in [1.54, 1.807) is 0 Å². The molecule has 7 nitrogen and oxygen atoms in total. The molecule has 3 N–H and O–H groups in total. The van der Waals surface area contributed by atoms with E-state index in [9.17, 15) is 14.4 Å². The summed E-state index contributed by atoms with van der Waals surface area (Å²) in [6.07, 6.45) is 0. The number of carbonyl (C=O) groups is 3. The molecule has 1 aromatic carbocycles. The number of hydrogen-bond donors (Lipinski definition) is 2. The summed E-state index contributed by atoms with van der Waals surface area (Å²) < 4.78 is 11.9. The summed E-state index contributed by atoms with van der Waals surface area (Å²) in [5, 5.41) is 2.68. The molecule has 24 heavy (non-hydrogen) atoms. The van der Waals surface area contributed by atoms with Crippen LogP contribution in [0, 0.1) is 10.7 Å². The minimum Gasteiger partial charge on any atom is -0.464 e. The van der Waals surface area contributed by atoms with Gasteiger partial charge in [-0.2, -0.15) is 0 Å². The number of esters is 2. The number of nitrogens with two attached hydrogens (primary N) is 1. The molecule has 1 aromatic rings. The topological polar surface area (TPSA) is 108 Å². The minimum absolute atomic E-state index is 0.0424. The van der Waals surface area contributed by atoms with E-state index in [0.29, 0.717) is 24.0 Å². The molecule has 10 heteroatoms. The van der Waals surface area contributed by atoms with Gasteiger partial charge in [0.1, 0.15) is 13.2 Å². The van der Waals surface area contributed by atoms with Gasteiger partial charge >= 0.3 is 11.9 Å². The Morgan fingerprint density at radius 2 is 1.58 bits per heavy atom. The molecular formula is C14H15I3N2O5. The first-order chi connectivity index (χ1) is 11.2. The number of ether oxygens (including phenoxy) is 2. The standard InChI is InChI=1S/C14H15I3N2O5/c1-6(20)23-4-3-19-14(22)9-10(15)8(5-24-7(2)21)11(16)13(18)12(9)17/h3-5,18H2,1-2H3,(H,19,22). The van der Waals surface area contributed by atoms with Crippen molar-refractivity contribution in [1.82, 2.24) is 5.32 Å². The maximum Gasteiger partial charge on any atom is 0.302 e. The zero-order valence-corrected chi connectivity index (χ0v) is 19.3. The number of carbonyl (C=O) groups excluding carboxylic acids is 3. The first kappa shape index (κ1) is 21.7. The molecule has 0 radical (unpaired) electrons. The van der Waals surface area contributed by atoms with Crippen LogP contribution in [0.4, 0.5) is 5.69 Å². The number of benzene rings is 1. The second-order valence-electron chi connectivity index (χ2n) is 4.59. The van der Waals surface area contributed by atoms with Crippen molar-refractivity contribution in [1.29, 1.82) is 0 Å². The second-order valence-corrected chi connectivity index (χ2v) is 7.82. The number of nitrogen functional groups attached to an aromatic ring is 1. The van der Waals surface area contributed by atoms with Gasteiger partial charge in [0.15, 0.2) is 0 Å². The Hall–Kier alpha value is -0.380. The lowest BCUT2D eigenvalue weighted by molar-refractivity contribution is -0.142. The van der Waals surface area contributed by atoms with Crippen LogP contribution < -0.4 is 11.1 Å². The van der Waals surface area contributed by atoms with Crippen LogP contribution in [0.5, 0.6) is 0 Å². The van der Waals surface area contributed by atoms with E-state index in [4.69, 9.17) is 15.2 Å². The van der Waals surface area contributed by atoms with E-state index in [-0.39, 0.29) is 25.7 Å². The van der Waals surface area contributed by atoms with E-state index in [2.05, 4.69) is 27.9 Å². The van der Waals surface area contributed by atoms with Gasteiger partial charge in [0.05, 0.1) is 21.4 Å². The molecule has 0 atom stereocenters. The lowest BCUT2D eigenvalue weighted by Crippen LogP contribution is -2.30. The third-order valence-corrected chi connectivity index (χ3v) is 6.32. The van der Waals surface area contributed by atoms with Crippen molar-refractivity contribution in [3.05, 3.63) is 21.8 Å². The highest BCUT2D eigenvalue weighted by molar-refractivity contribution is 14.1. The van der Waals surface area contributed by atoms with Crippen molar-refractivity contribution in [2.24, 2.45) is 0 Å². The molecule has 0 saturated heterocycles. The molecule has 0 fully saturated rings. The first-order valence-corrected chi connectivity index (χ1v) is 9.90. The van der Waals surface area contributed by atoms with Gasteiger partial charge in [-0.3, -0.25) is 14.4 Å². The number of nitrogens with one attached hydrogen (secondary N) is 1. The summed E-state index contributed by atoms with van der Waals surface area (Å²) in [5.74, 6) is -1.15. The van der Waals surface area contributed by atoms with Crippen molar-refractivity contribution in [2.45, 2.75) is 20.5 Å². The number of halogens is 3. The van der Waals surface area contributed by atoms with Gasteiger partial charge in [0.2, 0.25) is 0 Å². The third-order valence-electron chi connectivity index (χ3n) is 2.78. The predicted molar refractivity (Wildman–Crippen MR) is 113 cm³/mol. The van der Waals surface area contributed by atoms with Crippen molar-refractivity contribution in [3.8, 4) is 0 Å². The Morgan fingerprint density at radius 1 is 1.00 bits per heavy atom. The fourth-order valence-corrected chi connectivity index (χ4v) is 5.65. The molecule has 132 valence electrons. The SMILES string of the molecule is CC(=O)OCCNC(=O)c1c(I)c(N)c(I)c(COC(C)=O)c1I. The molecule has 0 spiro atoms. The quantitative estimate of drug-likeness (QED) is 0.208. The number of rotatable bonds is 6. The van der Waals surface area contributed by atoms with Crippen LogP contribution in [0.3, 0.4) is 0 Å². The van der Waals surface area contributed by atoms with E-state index in [1.807, 2.05) is 45.2 Å². The number of hydrogen-bond acceptors (Lipinski definition) is 6. The second kappa shape index (κ2) is 9.94. The molecule has 0 unspecified atom stereocenters. The minimum atomic E-state index is -0.411. The van der Waals surface area contributed by atoms with Gasteiger partial charge in [0.25, 0.3) is 5.91 Å². The Morgan fingerprint density at radius 3 is 2.12 bits per heavy atom. The van der Waals surface area contributed by atoms with E-state index >= 15 is 0 Å². The maximum absolute atomic E-state index is 12.5. The van der Waals surface area contributed by atoms with Gasteiger partial charge in [-0.1, -0.05) is 0 Å². The van der Waals surface area contributed by atoms with Crippen LogP contribution in [0.2, 0.25) is 0 Å². The van der Waals surface area contributed by atoms with Gasteiger partial charge in [-0.15, -0.1) is 0 Å². The largest absolute Gasteiger partial charge is 0.464 e. The Balaban J connectivity index is 3.06. The van der Waals surface area contributed by atoms with Gasteiger partial charge < -0.3 is 20.5 Å². The van der Waals surface area contributed by atoms with E-state index in [0.717, 1.165) is 3.57 Å². The van der Waals surface area contributed by atoms with Gasteiger partial charge in [-0.25, -0.2) is 0 Å². The first-order valence-electron chi connectivity index (χ1n) is 6.66. The zero-order valence-electron chi connectivity index (χ0n) is 12.9. The summed E-state index contributed by atoms with van der Waals surface area (Å²) >= 11 is 6.12. The molecule has 0 bridgehead atoms. The van der Waals surface area contributed by atoms with Crippen molar-refractivity contribution < 1.29 is 23.9 Å². The van der Waals surface area contributed by atoms with Crippen LogP contribution >= 0.6 is 67.8 Å². The van der Waals surface area contributed by atoms with Crippen molar-refractivity contribution in [3.63, 3.8) is 0 Å². The van der Waals surface area contributed by atoms with Gasteiger partial charge in [-0.05, 0) is 67.8 Å². The normalized spacial score (nSPS) is 10.2. The number of amides is 1. The van der Waals surface area contributed by atoms with Crippen LogP contribution in [0.1, 0.15) is 29.8 Å². The van der Waals surface area contributed by atoms with Crippen LogP contribution in [0.25, 0.3) is 0 Å². The highest BCUT2D eigenvalue weighted by Crippen LogP contribution is 2.34. The zero-order chi connectivity index (χ0) is 18.4. The summed E-state index contributed by atoms with van der Waals surface area (Å²) in [4.78, 5) is 34.2. The molecule has 0 heterocycles. The number of anilines is 1. The molecule has 1 amide bonds. The summed E-state index contributed by atoms with van der Waals surface area (Å²) in [5.41, 5.74) is 7.65. The average Bonchev–Trinajstić information content (AvgIpc) is 2.49. The molecule has 0 aromatic heterocycles. The smallest absolute Gasteiger partial charge is 0.302 e. The van der Waals surface area contributed by atoms with Gasteiger partial charge in [0, 0.05) is 26.6 Å². The van der Waals surface area contributed by atoms with Crippen LogP contribution in [-0.2, 0) is 25.7 Å². The Labute approximate surface area is 180 Å². The average molecular weight is 672 g/mol. The lowest BCUT2D eigenvalue weighted by Gasteiger charge is -2.17. The lowest BCUT2D eigenvalue weighted by atomic mass is 10.1. The molecule has 0 aliphatic carbocycles. The monoisotopic (exact) mass is 672 g/mol. The molecule has 0 saturated carbocycles. The third kappa shape index (κ3) is 5.86.